The minimum absolute atomic E-state index is 0.206. The van der Waals surface area contributed by atoms with Crippen LogP contribution in [0.3, 0.4) is 0 Å². The molecule has 0 bridgehead atoms. The van der Waals surface area contributed by atoms with Gasteiger partial charge in [0.2, 0.25) is 0 Å². The quantitative estimate of drug-likeness (QED) is 0.352. The molecule has 1 aliphatic rings. The van der Waals surface area contributed by atoms with Gasteiger partial charge < -0.3 is 15.8 Å². The van der Waals surface area contributed by atoms with Crippen LogP contribution in [0.5, 0.6) is 5.75 Å². The Bertz CT molecular complexity index is 1120. The summed E-state index contributed by atoms with van der Waals surface area (Å²) in [6.07, 6.45) is 6.77. The highest BCUT2D eigenvalue weighted by Crippen LogP contribution is 2.26. The molecule has 1 fully saturated rings. The number of aromatic nitrogens is 1. The molecule has 4 rings (SSSR count). The van der Waals surface area contributed by atoms with E-state index < -0.39 is 0 Å². The second-order valence-corrected chi connectivity index (χ2v) is 8.54. The summed E-state index contributed by atoms with van der Waals surface area (Å²) < 4.78 is 5.94. The summed E-state index contributed by atoms with van der Waals surface area (Å²) in [7, 11) is 0. The number of hydrogen-bond acceptors (Lipinski definition) is 5. The van der Waals surface area contributed by atoms with E-state index in [1.54, 1.807) is 6.20 Å². The molecule has 2 aromatic carbocycles. The summed E-state index contributed by atoms with van der Waals surface area (Å²) in [5.74, 6) is 2.37. The number of likely N-dealkylation sites (tertiary alicyclic amines) is 1. The molecule has 6 heteroatoms. The second kappa shape index (κ2) is 11.0. The number of hydrogen-bond donors (Lipinski definition) is 2. The first-order valence-corrected chi connectivity index (χ1v) is 11.7. The normalized spacial score (nSPS) is 17.1. The number of ether oxygens (including phenoxy) is 1. The van der Waals surface area contributed by atoms with Gasteiger partial charge in [0, 0.05) is 53.4 Å². The van der Waals surface area contributed by atoms with Gasteiger partial charge in [-0.15, -0.1) is 0 Å². The van der Waals surface area contributed by atoms with Gasteiger partial charge in [-0.25, -0.2) is 4.99 Å². The van der Waals surface area contributed by atoms with E-state index in [1.165, 1.54) is 5.56 Å². The number of benzene rings is 2. The Hall–Kier alpha value is -3.38. The van der Waals surface area contributed by atoms with Crippen molar-refractivity contribution in [3.05, 3.63) is 78.9 Å². The first-order chi connectivity index (χ1) is 16.1. The summed E-state index contributed by atoms with van der Waals surface area (Å²) >= 11 is 0. The molecule has 0 aliphatic carbocycles. The number of nitrogens with zero attached hydrogens (tertiary/aromatic N) is 3. The van der Waals surface area contributed by atoms with Crippen LogP contribution in [-0.4, -0.2) is 35.4 Å². The van der Waals surface area contributed by atoms with E-state index in [4.69, 9.17) is 10.5 Å². The van der Waals surface area contributed by atoms with Crippen LogP contribution in [0, 0.1) is 5.92 Å². The van der Waals surface area contributed by atoms with E-state index in [1.807, 2.05) is 36.5 Å². The van der Waals surface area contributed by atoms with Gasteiger partial charge in [0.25, 0.3) is 0 Å². The molecular formula is C27H33N5O. The van der Waals surface area contributed by atoms with Crippen molar-refractivity contribution in [1.29, 1.82) is 0 Å². The third-order valence-corrected chi connectivity index (χ3v) is 5.98. The first kappa shape index (κ1) is 22.8. The average Bonchev–Trinajstić information content (AvgIpc) is 2.84. The number of anilines is 1. The maximum Gasteiger partial charge on any atom is 0.125 e. The molecule has 3 N–H and O–H groups in total. The molecule has 33 heavy (non-hydrogen) atoms. The number of nitrogens with two attached hydrogens (primary N) is 1. The molecular weight excluding hydrogens is 410 g/mol. The maximum atomic E-state index is 6.45. The van der Waals surface area contributed by atoms with Gasteiger partial charge in [-0.2, -0.15) is 0 Å². The van der Waals surface area contributed by atoms with E-state index >= 15 is 0 Å². The Morgan fingerprint density at radius 2 is 2.12 bits per heavy atom. The number of pyridine rings is 1. The van der Waals surface area contributed by atoms with Crippen molar-refractivity contribution in [3.8, 4) is 5.75 Å². The lowest BCUT2D eigenvalue weighted by molar-refractivity contribution is 0.192. The maximum absolute atomic E-state index is 6.45. The SMILES string of the molecule is C=C(/N=C(\N)C1CCCN(Cc2ccccc2OCCC)C1)Nc1cccc2cnccc12. The van der Waals surface area contributed by atoms with Crippen LogP contribution in [0.1, 0.15) is 31.7 Å². The monoisotopic (exact) mass is 443 g/mol. The molecule has 1 unspecified atom stereocenters. The highest BCUT2D eigenvalue weighted by Gasteiger charge is 2.23. The lowest BCUT2D eigenvalue weighted by Crippen LogP contribution is -2.41. The van der Waals surface area contributed by atoms with Crippen molar-refractivity contribution >= 4 is 22.3 Å². The van der Waals surface area contributed by atoms with Gasteiger partial charge in [0.1, 0.15) is 17.4 Å². The van der Waals surface area contributed by atoms with Gasteiger partial charge in [-0.1, -0.05) is 43.8 Å². The molecule has 3 aromatic rings. The molecule has 2 heterocycles. The van der Waals surface area contributed by atoms with Crippen molar-refractivity contribution in [2.24, 2.45) is 16.6 Å². The summed E-state index contributed by atoms with van der Waals surface area (Å²) in [6, 6.07) is 16.3. The van der Waals surface area contributed by atoms with Crippen molar-refractivity contribution in [1.82, 2.24) is 9.88 Å². The summed E-state index contributed by atoms with van der Waals surface area (Å²) in [5.41, 5.74) is 8.63. The number of amidine groups is 1. The number of rotatable bonds is 9. The topological polar surface area (TPSA) is 75.8 Å². The van der Waals surface area contributed by atoms with E-state index in [9.17, 15) is 0 Å². The fourth-order valence-electron chi connectivity index (χ4n) is 4.33. The molecule has 1 aromatic heterocycles. The number of para-hydroxylation sites is 1. The van der Waals surface area contributed by atoms with Crippen LogP contribution in [0.4, 0.5) is 5.69 Å². The Kier molecular flexibility index (Phi) is 7.58. The van der Waals surface area contributed by atoms with Gasteiger partial charge in [0.15, 0.2) is 0 Å². The predicted molar refractivity (Wildman–Crippen MR) is 136 cm³/mol. The first-order valence-electron chi connectivity index (χ1n) is 11.7. The summed E-state index contributed by atoms with van der Waals surface area (Å²) in [4.78, 5) is 11.3. The fraction of sp³-hybridized carbons (Fsp3) is 0.333. The number of piperidine rings is 1. The Labute approximate surface area is 196 Å². The largest absolute Gasteiger partial charge is 0.493 e. The average molecular weight is 444 g/mol. The van der Waals surface area contributed by atoms with Crippen LogP contribution in [0.2, 0.25) is 0 Å². The van der Waals surface area contributed by atoms with Crippen LogP contribution in [-0.2, 0) is 6.54 Å². The lowest BCUT2D eigenvalue weighted by atomic mass is 9.96. The predicted octanol–water partition coefficient (Wildman–Crippen LogP) is 5.18. The molecule has 6 nitrogen and oxygen atoms in total. The highest BCUT2D eigenvalue weighted by molar-refractivity contribution is 5.94. The van der Waals surface area contributed by atoms with E-state index in [0.717, 1.165) is 67.7 Å². The van der Waals surface area contributed by atoms with Crippen LogP contribution >= 0.6 is 0 Å². The zero-order valence-electron chi connectivity index (χ0n) is 19.3. The molecule has 1 atom stereocenters. The van der Waals surface area contributed by atoms with Crippen LogP contribution in [0.15, 0.2) is 78.3 Å². The van der Waals surface area contributed by atoms with Gasteiger partial charge in [0.05, 0.1) is 6.61 Å². The molecule has 0 radical (unpaired) electrons. The summed E-state index contributed by atoms with van der Waals surface area (Å²) in [5, 5.41) is 5.46. The van der Waals surface area contributed by atoms with Gasteiger partial charge >= 0.3 is 0 Å². The Morgan fingerprint density at radius 3 is 3.00 bits per heavy atom. The second-order valence-electron chi connectivity index (χ2n) is 8.54. The Morgan fingerprint density at radius 1 is 1.24 bits per heavy atom. The third-order valence-electron chi connectivity index (χ3n) is 5.98. The summed E-state index contributed by atoms with van der Waals surface area (Å²) in [6.45, 7) is 9.74. The van der Waals surface area contributed by atoms with E-state index in [2.05, 4.69) is 51.9 Å². The number of fused-ring (bicyclic) bond motifs is 1. The van der Waals surface area contributed by atoms with E-state index in [0.29, 0.717) is 11.7 Å². The van der Waals surface area contributed by atoms with Crippen molar-refractivity contribution in [3.63, 3.8) is 0 Å². The molecule has 1 aliphatic heterocycles. The molecule has 1 saturated heterocycles. The minimum Gasteiger partial charge on any atom is -0.493 e. The molecule has 172 valence electrons. The van der Waals surface area contributed by atoms with Gasteiger partial charge in [-0.3, -0.25) is 9.88 Å². The van der Waals surface area contributed by atoms with Crippen molar-refractivity contribution in [2.75, 3.05) is 25.0 Å². The standard InChI is InChI=1S/C27H33N5O/c1-3-16-33-26-12-5-4-8-22(26)18-32-15-7-10-23(19-32)27(28)31-20(2)30-25-11-6-9-21-17-29-14-13-24(21)25/h4-6,8-9,11-14,17,23,30H,2-3,7,10,15-16,18-19H2,1H3,(H2,28,31). The van der Waals surface area contributed by atoms with E-state index in [-0.39, 0.29) is 5.92 Å². The minimum atomic E-state index is 0.206. The smallest absolute Gasteiger partial charge is 0.125 e. The van der Waals surface area contributed by atoms with Crippen molar-refractivity contribution < 1.29 is 4.74 Å². The zero-order chi connectivity index (χ0) is 23.0. The molecule has 0 spiro atoms. The van der Waals surface area contributed by atoms with Crippen LogP contribution < -0.4 is 15.8 Å². The number of nitrogens with one attached hydrogen (secondary N) is 1. The number of aliphatic imine (C=N–C) groups is 1. The van der Waals surface area contributed by atoms with Gasteiger partial charge in [-0.05, 0) is 44.0 Å². The van der Waals surface area contributed by atoms with Crippen LogP contribution in [0.25, 0.3) is 10.8 Å². The zero-order valence-corrected chi connectivity index (χ0v) is 19.3. The molecule has 0 saturated carbocycles. The highest BCUT2D eigenvalue weighted by atomic mass is 16.5. The molecule has 0 amide bonds. The Balaban J connectivity index is 1.40. The fourth-order valence-corrected chi connectivity index (χ4v) is 4.33. The lowest BCUT2D eigenvalue weighted by Gasteiger charge is -2.32. The van der Waals surface area contributed by atoms with Crippen molar-refractivity contribution in [2.45, 2.75) is 32.7 Å². The third kappa shape index (κ3) is 5.90.